The Morgan fingerprint density at radius 3 is 1.55 bits per heavy atom. The van der Waals surface area contributed by atoms with E-state index in [0.29, 0.717) is 34.1 Å². The normalized spacial score (nSPS) is 10.9. The van der Waals surface area contributed by atoms with E-state index in [0.717, 1.165) is 11.1 Å². The molecule has 0 saturated carbocycles. The molecule has 0 fully saturated rings. The van der Waals surface area contributed by atoms with Gasteiger partial charge in [0.15, 0.2) is 0 Å². The van der Waals surface area contributed by atoms with Crippen molar-refractivity contribution in [2.24, 2.45) is 0 Å². The Labute approximate surface area is 253 Å². The fraction of sp³-hybridized carbons (Fsp3) is 0.0833. The fourth-order valence-corrected chi connectivity index (χ4v) is 5.59. The molecule has 2 heterocycles. The molecule has 0 saturated heterocycles. The minimum Gasteiger partial charge on any atom is -0.497 e. The van der Waals surface area contributed by atoms with Gasteiger partial charge in [0, 0.05) is 16.8 Å². The maximum atomic E-state index is 14.9. The molecule has 0 amide bonds. The Bertz CT molecular complexity index is 2050. The van der Waals surface area contributed by atoms with E-state index < -0.39 is 17.5 Å². The zero-order chi connectivity index (χ0) is 30.8. The quantitative estimate of drug-likeness (QED) is 0.195. The molecule has 8 nitrogen and oxygen atoms in total. The van der Waals surface area contributed by atoms with Gasteiger partial charge in [0.05, 0.1) is 38.4 Å². The average molecular weight is 585 g/mol. The number of ether oxygens (including phenoxy) is 3. The van der Waals surface area contributed by atoms with Gasteiger partial charge >= 0.3 is 11.9 Å². The van der Waals surface area contributed by atoms with Crippen LogP contribution in [0, 0.1) is 0 Å². The van der Waals surface area contributed by atoms with E-state index in [1.165, 1.54) is 14.2 Å². The molecule has 0 atom stereocenters. The molecule has 0 aliphatic carbocycles. The van der Waals surface area contributed by atoms with Crippen molar-refractivity contribution in [1.29, 1.82) is 0 Å². The van der Waals surface area contributed by atoms with E-state index in [4.69, 9.17) is 14.2 Å². The molecule has 0 unspecified atom stereocenters. The molecule has 218 valence electrons. The largest absolute Gasteiger partial charge is 0.497 e. The Hall–Kier alpha value is -5.89. The van der Waals surface area contributed by atoms with Crippen LogP contribution in [0.15, 0.2) is 120 Å². The fourth-order valence-electron chi connectivity index (χ4n) is 5.59. The molecule has 44 heavy (non-hydrogen) atoms. The van der Waals surface area contributed by atoms with E-state index in [9.17, 15) is 14.4 Å². The van der Waals surface area contributed by atoms with Crippen LogP contribution >= 0.6 is 0 Å². The van der Waals surface area contributed by atoms with E-state index in [-0.39, 0.29) is 16.6 Å². The van der Waals surface area contributed by atoms with Crippen molar-refractivity contribution in [2.75, 3.05) is 21.3 Å². The predicted molar refractivity (Wildman–Crippen MR) is 169 cm³/mol. The predicted octanol–water partition coefficient (Wildman–Crippen LogP) is 6.67. The highest BCUT2D eigenvalue weighted by atomic mass is 16.5. The van der Waals surface area contributed by atoms with E-state index in [1.807, 2.05) is 91.0 Å². The molecular weight excluding hydrogens is 556 g/mol. The first-order valence-electron chi connectivity index (χ1n) is 13.8. The molecule has 0 radical (unpaired) electrons. The first-order valence-corrected chi connectivity index (χ1v) is 13.8. The lowest BCUT2D eigenvalue weighted by atomic mass is 10.0. The van der Waals surface area contributed by atoms with Crippen molar-refractivity contribution in [1.82, 2.24) is 8.97 Å². The molecule has 4 aromatic carbocycles. The van der Waals surface area contributed by atoms with Crippen LogP contribution in [0.2, 0.25) is 0 Å². The van der Waals surface area contributed by atoms with Crippen LogP contribution in [0.25, 0.3) is 45.0 Å². The summed E-state index contributed by atoms with van der Waals surface area (Å²) in [5, 5.41) is 0. The first-order chi connectivity index (χ1) is 21.5. The average Bonchev–Trinajstić information content (AvgIpc) is 3.45. The summed E-state index contributed by atoms with van der Waals surface area (Å²) >= 11 is 0. The maximum absolute atomic E-state index is 14.9. The number of rotatable bonds is 7. The molecule has 2 aromatic heterocycles. The third-order valence-electron chi connectivity index (χ3n) is 7.50. The number of hydrogen-bond donors (Lipinski definition) is 0. The molecule has 0 aliphatic heterocycles. The lowest BCUT2D eigenvalue weighted by Gasteiger charge is -2.22. The van der Waals surface area contributed by atoms with Gasteiger partial charge in [-0.3, -0.25) is 9.36 Å². The van der Waals surface area contributed by atoms with E-state index in [1.54, 1.807) is 40.3 Å². The van der Waals surface area contributed by atoms with Crippen molar-refractivity contribution in [3.05, 3.63) is 137 Å². The third-order valence-corrected chi connectivity index (χ3v) is 7.50. The van der Waals surface area contributed by atoms with Gasteiger partial charge in [-0.25, -0.2) is 9.59 Å². The van der Waals surface area contributed by atoms with Crippen LogP contribution < -0.4 is 10.3 Å². The van der Waals surface area contributed by atoms with Crippen LogP contribution in [-0.2, 0) is 9.47 Å². The maximum Gasteiger partial charge on any atom is 0.341 e. The number of aromatic nitrogens is 2. The number of carbonyl (C=O) groups is 2. The topological polar surface area (TPSA) is 88.2 Å². The second-order valence-corrected chi connectivity index (χ2v) is 9.90. The summed E-state index contributed by atoms with van der Waals surface area (Å²) in [7, 11) is 4.01. The van der Waals surface area contributed by atoms with Gasteiger partial charge < -0.3 is 18.6 Å². The number of hydrogen-bond acceptors (Lipinski definition) is 6. The summed E-state index contributed by atoms with van der Waals surface area (Å²) in [4.78, 5) is 42.2. The lowest BCUT2D eigenvalue weighted by Crippen LogP contribution is -2.25. The minimum atomic E-state index is -0.842. The Morgan fingerprint density at radius 2 is 1.02 bits per heavy atom. The standard InChI is InChI=1S/C36H28N2O6/c1-42-27-21-19-25(20-22-27)30-28(35(40)43-2)29(36(41)44-3)33-34(39)37(26-17-11-6-12-18-26)31(23-13-7-4-8-14-23)32(38(30)33)24-15-9-5-10-16-24/h4-22H,1-3H3. The summed E-state index contributed by atoms with van der Waals surface area (Å²) in [5.41, 5.74) is 3.30. The number of fused-ring (bicyclic) bond motifs is 1. The molecule has 8 heteroatoms. The van der Waals surface area contributed by atoms with Gasteiger partial charge in [-0.05, 0) is 42.0 Å². The number of nitrogens with zero attached hydrogens (tertiary/aromatic N) is 2. The molecule has 0 aliphatic rings. The van der Waals surface area contributed by atoms with Crippen LogP contribution in [0.4, 0.5) is 0 Å². The zero-order valence-electron chi connectivity index (χ0n) is 24.3. The number of carbonyl (C=O) groups excluding carboxylic acids is 2. The van der Waals surface area contributed by atoms with Crippen LogP contribution in [-0.4, -0.2) is 42.2 Å². The van der Waals surface area contributed by atoms with Crippen molar-refractivity contribution < 1.29 is 23.8 Å². The van der Waals surface area contributed by atoms with Crippen molar-refractivity contribution >= 4 is 17.5 Å². The van der Waals surface area contributed by atoms with Gasteiger partial charge in [0.2, 0.25) is 0 Å². The summed E-state index contributed by atoms with van der Waals surface area (Å²) in [5.74, 6) is -1.03. The van der Waals surface area contributed by atoms with Crippen LogP contribution in [0.1, 0.15) is 20.7 Å². The van der Waals surface area contributed by atoms with Crippen molar-refractivity contribution in [2.45, 2.75) is 0 Å². The van der Waals surface area contributed by atoms with Gasteiger partial charge in [-0.2, -0.15) is 0 Å². The number of para-hydroxylation sites is 1. The highest BCUT2D eigenvalue weighted by molar-refractivity contribution is 6.13. The van der Waals surface area contributed by atoms with Crippen LogP contribution in [0.5, 0.6) is 5.75 Å². The Morgan fingerprint density at radius 1 is 0.545 bits per heavy atom. The SMILES string of the molecule is COC(=O)c1c(C(=O)OC)c2c(=O)n(-c3ccccc3)c(-c3ccccc3)c(-c3ccccc3)n2c1-c1ccc(OC)cc1. The van der Waals surface area contributed by atoms with Gasteiger partial charge in [0.25, 0.3) is 5.56 Å². The Balaban J connectivity index is 1.97. The second kappa shape index (κ2) is 11.8. The molecule has 6 aromatic rings. The van der Waals surface area contributed by atoms with E-state index >= 15 is 0 Å². The van der Waals surface area contributed by atoms with Crippen molar-refractivity contribution in [3.8, 4) is 45.2 Å². The van der Waals surface area contributed by atoms with Crippen LogP contribution in [0.3, 0.4) is 0 Å². The first kappa shape index (κ1) is 28.2. The molecular formula is C36H28N2O6. The summed E-state index contributed by atoms with van der Waals surface area (Å²) in [6.07, 6.45) is 0. The highest BCUT2D eigenvalue weighted by Crippen LogP contribution is 2.41. The highest BCUT2D eigenvalue weighted by Gasteiger charge is 2.35. The summed E-state index contributed by atoms with van der Waals surface area (Å²) in [6.45, 7) is 0. The lowest BCUT2D eigenvalue weighted by molar-refractivity contribution is 0.0558. The minimum absolute atomic E-state index is 0.0227. The molecule has 0 bridgehead atoms. The van der Waals surface area contributed by atoms with Gasteiger partial charge in [-0.15, -0.1) is 0 Å². The number of esters is 2. The van der Waals surface area contributed by atoms with E-state index in [2.05, 4.69) is 0 Å². The van der Waals surface area contributed by atoms with Crippen molar-refractivity contribution in [3.63, 3.8) is 0 Å². The number of methoxy groups -OCH3 is 3. The smallest absolute Gasteiger partial charge is 0.341 e. The molecule has 0 N–H and O–H groups in total. The monoisotopic (exact) mass is 584 g/mol. The van der Waals surface area contributed by atoms with Gasteiger partial charge in [-0.1, -0.05) is 78.9 Å². The molecule has 6 rings (SSSR count). The zero-order valence-corrected chi connectivity index (χ0v) is 24.3. The Kier molecular flexibility index (Phi) is 7.56. The summed E-state index contributed by atoms with van der Waals surface area (Å²) < 4.78 is 19.1. The number of benzene rings is 4. The third kappa shape index (κ3) is 4.62. The second-order valence-electron chi connectivity index (χ2n) is 9.90. The summed E-state index contributed by atoms with van der Waals surface area (Å²) in [6, 6.07) is 35.3. The van der Waals surface area contributed by atoms with Gasteiger partial charge in [0.1, 0.15) is 22.4 Å². The molecule has 0 spiro atoms.